The molecule has 1 aliphatic rings. The molecule has 0 spiro atoms. The second-order valence-corrected chi connectivity index (χ2v) is 7.92. The molecule has 3 aromatic rings. The largest absolute Gasteiger partial charge is 0.491 e. The lowest BCUT2D eigenvalue weighted by molar-refractivity contribution is 0.104. The van der Waals surface area contributed by atoms with Crippen LogP contribution in [0.2, 0.25) is 0 Å². The lowest BCUT2D eigenvalue weighted by atomic mass is 10.00. The number of carbonyl (C=O) groups excluding carboxylic acids is 1. The summed E-state index contributed by atoms with van der Waals surface area (Å²) in [6.45, 7) is 7.22. The Labute approximate surface area is 175 Å². The van der Waals surface area contributed by atoms with Gasteiger partial charge in [-0.25, -0.2) is 14.6 Å². The average molecular weight is 406 g/mol. The van der Waals surface area contributed by atoms with E-state index in [2.05, 4.69) is 28.5 Å². The van der Waals surface area contributed by atoms with E-state index in [9.17, 15) is 4.79 Å². The SMILES string of the molecule is Cc1cc2c(cc1C(=O)C=CN(C)C)OCCn1cc(-c3ncnn3C(C)C)nc1-2. The summed E-state index contributed by atoms with van der Waals surface area (Å²) < 4.78 is 9.91. The van der Waals surface area contributed by atoms with Gasteiger partial charge in [0.1, 0.15) is 30.2 Å². The van der Waals surface area contributed by atoms with E-state index in [0.29, 0.717) is 24.5 Å². The molecule has 4 rings (SSSR count). The summed E-state index contributed by atoms with van der Waals surface area (Å²) >= 11 is 0. The van der Waals surface area contributed by atoms with E-state index in [1.807, 2.05) is 48.9 Å². The summed E-state index contributed by atoms with van der Waals surface area (Å²) in [5, 5.41) is 4.32. The summed E-state index contributed by atoms with van der Waals surface area (Å²) in [7, 11) is 3.77. The Balaban J connectivity index is 1.77. The molecule has 156 valence electrons. The van der Waals surface area contributed by atoms with Gasteiger partial charge in [-0.2, -0.15) is 5.10 Å². The number of rotatable bonds is 5. The maximum absolute atomic E-state index is 12.6. The van der Waals surface area contributed by atoms with Gasteiger partial charge in [0, 0.05) is 44.2 Å². The van der Waals surface area contributed by atoms with E-state index >= 15 is 0 Å². The minimum atomic E-state index is -0.0501. The molecule has 8 nitrogen and oxygen atoms in total. The number of ether oxygens (including phenoxy) is 1. The number of aromatic nitrogens is 5. The summed E-state index contributed by atoms with van der Waals surface area (Å²) in [6.07, 6.45) is 6.87. The van der Waals surface area contributed by atoms with Crippen molar-refractivity contribution in [3.63, 3.8) is 0 Å². The molecule has 0 atom stereocenters. The highest BCUT2D eigenvalue weighted by Crippen LogP contribution is 2.36. The van der Waals surface area contributed by atoms with Crippen LogP contribution in [0.4, 0.5) is 0 Å². The van der Waals surface area contributed by atoms with Crippen molar-refractivity contribution in [3.8, 4) is 28.7 Å². The molecule has 0 N–H and O–H groups in total. The number of carbonyl (C=O) groups is 1. The Kier molecular flexibility index (Phi) is 5.15. The number of hydrogen-bond donors (Lipinski definition) is 0. The van der Waals surface area contributed by atoms with E-state index in [0.717, 1.165) is 28.5 Å². The Bertz CT molecular complexity index is 1120. The first-order valence-corrected chi connectivity index (χ1v) is 9.99. The van der Waals surface area contributed by atoms with E-state index in [1.54, 1.807) is 18.6 Å². The van der Waals surface area contributed by atoms with Crippen LogP contribution in [0.3, 0.4) is 0 Å². The van der Waals surface area contributed by atoms with Crippen LogP contribution >= 0.6 is 0 Å². The van der Waals surface area contributed by atoms with Gasteiger partial charge in [-0.1, -0.05) is 0 Å². The van der Waals surface area contributed by atoms with Gasteiger partial charge in [0.25, 0.3) is 0 Å². The summed E-state index contributed by atoms with van der Waals surface area (Å²) in [6, 6.07) is 3.99. The van der Waals surface area contributed by atoms with Crippen LogP contribution in [0.5, 0.6) is 5.75 Å². The first-order chi connectivity index (χ1) is 14.3. The fourth-order valence-corrected chi connectivity index (χ4v) is 3.53. The van der Waals surface area contributed by atoms with Crippen LogP contribution in [0.15, 0.2) is 36.9 Å². The molecule has 0 bridgehead atoms. The summed E-state index contributed by atoms with van der Waals surface area (Å²) in [5.74, 6) is 2.17. The van der Waals surface area contributed by atoms with Gasteiger partial charge in [0.2, 0.25) is 0 Å². The Morgan fingerprint density at radius 2 is 2.07 bits per heavy atom. The fourth-order valence-electron chi connectivity index (χ4n) is 3.53. The van der Waals surface area contributed by atoms with Crippen molar-refractivity contribution in [3.05, 3.63) is 48.1 Å². The average Bonchev–Trinajstić information content (AvgIpc) is 3.31. The molecule has 0 fully saturated rings. The van der Waals surface area contributed by atoms with Crippen molar-refractivity contribution in [1.29, 1.82) is 0 Å². The van der Waals surface area contributed by atoms with Gasteiger partial charge < -0.3 is 14.2 Å². The van der Waals surface area contributed by atoms with Crippen LogP contribution in [0, 0.1) is 6.92 Å². The van der Waals surface area contributed by atoms with Gasteiger partial charge in [-0.05, 0) is 38.5 Å². The predicted octanol–water partition coefficient (Wildman–Crippen LogP) is 3.35. The third-order valence-corrected chi connectivity index (χ3v) is 5.01. The van der Waals surface area contributed by atoms with E-state index in [1.165, 1.54) is 0 Å². The molecule has 0 amide bonds. The zero-order chi connectivity index (χ0) is 21.4. The smallest absolute Gasteiger partial charge is 0.187 e. The monoisotopic (exact) mass is 406 g/mol. The Morgan fingerprint density at radius 3 is 2.80 bits per heavy atom. The molecule has 0 saturated heterocycles. The minimum absolute atomic E-state index is 0.0501. The first-order valence-electron chi connectivity index (χ1n) is 9.99. The Morgan fingerprint density at radius 1 is 1.27 bits per heavy atom. The molecule has 2 aromatic heterocycles. The van der Waals surface area contributed by atoms with Crippen molar-refractivity contribution in [2.45, 2.75) is 33.4 Å². The van der Waals surface area contributed by atoms with E-state index < -0.39 is 0 Å². The maximum Gasteiger partial charge on any atom is 0.187 e. The number of fused-ring (bicyclic) bond motifs is 3. The van der Waals surface area contributed by atoms with Gasteiger partial charge in [0.15, 0.2) is 11.6 Å². The number of ketones is 1. The molecule has 0 unspecified atom stereocenters. The van der Waals surface area contributed by atoms with Gasteiger partial charge in [-0.3, -0.25) is 4.79 Å². The molecule has 8 heteroatoms. The second kappa shape index (κ2) is 7.78. The van der Waals surface area contributed by atoms with Crippen molar-refractivity contribution >= 4 is 5.78 Å². The molecule has 30 heavy (non-hydrogen) atoms. The molecule has 1 aromatic carbocycles. The highest BCUT2D eigenvalue weighted by molar-refractivity contribution is 6.06. The van der Waals surface area contributed by atoms with Crippen LogP contribution < -0.4 is 4.74 Å². The summed E-state index contributed by atoms with van der Waals surface area (Å²) in [4.78, 5) is 23.8. The predicted molar refractivity (Wildman–Crippen MR) is 114 cm³/mol. The van der Waals surface area contributed by atoms with Crippen LogP contribution in [0.1, 0.15) is 35.8 Å². The van der Waals surface area contributed by atoms with Crippen molar-refractivity contribution in [1.82, 2.24) is 29.2 Å². The van der Waals surface area contributed by atoms with Crippen molar-refractivity contribution in [2.24, 2.45) is 0 Å². The van der Waals surface area contributed by atoms with Crippen LogP contribution in [-0.2, 0) is 6.54 Å². The normalized spacial score (nSPS) is 13.1. The highest BCUT2D eigenvalue weighted by Gasteiger charge is 2.23. The lowest BCUT2D eigenvalue weighted by Crippen LogP contribution is -2.06. The molecular weight excluding hydrogens is 380 g/mol. The number of imidazole rings is 1. The van der Waals surface area contributed by atoms with Crippen molar-refractivity contribution < 1.29 is 9.53 Å². The van der Waals surface area contributed by atoms with E-state index in [-0.39, 0.29) is 11.8 Å². The number of benzene rings is 1. The Hall–Kier alpha value is -3.42. The van der Waals surface area contributed by atoms with E-state index in [4.69, 9.17) is 9.72 Å². The first kappa shape index (κ1) is 19.9. The number of hydrogen-bond acceptors (Lipinski definition) is 6. The van der Waals surface area contributed by atoms with Gasteiger partial charge in [-0.15, -0.1) is 0 Å². The number of allylic oxidation sites excluding steroid dienone is 1. The third-order valence-electron chi connectivity index (χ3n) is 5.01. The standard InChI is InChI=1S/C22H26N6O2/c1-14(2)28-22(23-13-24-28)18-12-27-8-9-30-20-11-16(19(29)6-7-26(4)5)15(3)10-17(20)21(27)25-18/h6-7,10-14H,8-9H2,1-5H3. The van der Waals surface area contributed by atoms with Gasteiger partial charge in [0.05, 0.1) is 12.1 Å². The quantitative estimate of drug-likeness (QED) is 0.478. The maximum atomic E-state index is 12.6. The fraction of sp³-hybridized carbons (Fsp3) is 0.364. The highest BCUT2D eigenvalue weighted by atomic mass is 16.5. The summed E-state index contributed by atoms with van der Waals surface area (Å²) in [5.41, 5.74) is 3.16. The minimum Gasteiger partial charge on any atom is -0.491 e. The second-order valence-electron chi connectivity index (χ2n) is 7.92. The molecule has 0 saturated carbocycles. The molecule has 0 aliphatic carbocycles. The molecular formula is C22H26N6O2. The van der Waals surface area contributed by atoms with Gasteiger partial charge >= 0.3 is 0 Å². The zero-order valence-electron chi connectivity index (χ0n) is 18.0. The third kappa shape index (κ3) is 3.60. The van der Waals surface area contributed by atoms with Crippen LogP contribution in [0.25, 0.3) is 22.9 Å². The topological polar surface area (TPSA) is 78.1 Å². The molecule has 0 radical (unpaired) electrons. The molecule has 3 heterocycles. The van der Waals surface area contributed by atoms with Crippen LogP contribution in [-0.4, -0.2) is 55.7 Å². The number of nitrogens with zero attached hydrogens (tertiary/aromatic N) is 6. The number of aryl methyl sites for hydroxylation is 1. The lowest BCUT2D eigenvalue weighted by Gasteiger charge is -2.11. The van der Waals surface area contributed by atoms with Crippen molar-refractivity contribution in [2.75, 3.05) is 20.7 Å². The zero-order valence-corrected chi connectivity index (χ0v) is 18.0. The molecule has 1 aliphatic heterocycles.